The molecule has 1 aromatic rings. The van der Waals surface area contributed by atoms with Crippen LogP contribution in [0.4, 0.5) is 10.6 Å². The molecule has 1 aliphatic heterocycles. The summed E-state index contributed by atoms with van der Waals surface area (Å²) in [4.78, 5) is 20.2. The Balaban J connectivity index is 1.90. The van der Waals surface area contributed by atoms with Crippen LogP contribution in [0.2, 0.25) is 0 Å². The summed E-state index contributed by atoms with van der Waals surface area (Å²) in [7, 11) is 0. The number of anilines is 1. The maximum atomic E-state index is 12.1. The van der Waals surface area contributed by atoms with Crippen molar-refractivity contribution in [2.24, 2.45) is 0 Å². The van der Waals surface area contributed by atoms with E-state index in [0.29, 0.717) is 18.9 Å². The molecule has 0 saturated carbocycles. The van der Waals surface area contributed by atoms with Gasteiger partial charge >= 0.3 is 6.09 Å². The molecule has 122 valence electrons. The van der Waals surface area contributed by atoms with Crippen LogP contribution in [0.1, 0.15) is 39.3 Å². The Labute approximate surface area is 132 Å². The third-order valence-corrected chi connectivity index (χ3v) is 3.80. The maximum Gasteiger partial charge on any atom is 0.410 e. The number of pyridine rings is 1. The zero-order valence-electron chi connectivity index (χ0n) is 13.9. The van der Waals surface area contributed by atoms with Crippen molar-refractivity contribution in [3.8, 4) is 0 Å². The summed E-state index contributed by atoms with van der Waals surface area (Å²) < 4.78 is 5.42. The van der Waals surface area contributed by atoms with Gasteiger partial charge in [0.15, 0.2) is 0 Å². The van der Waals surface area contributed by atoms with Crippen LogP contribution in [0, 0.1) is 0 Å². The fourth-order valence-corrected chi connectivity index (χ4v) is 2.55. The van der Waals surface area contributed by atoms with E-state index in [1.165, 1.54) is 0 Å². The van der Waals surface area contributed by atoms with Crippen molar-refractivity contribution in [2.75, 3.05) is 31.9 Å². The highest BCUT2D eigenvalue weighted by molar-refractivity contribution is 5.68. The van der Waals surface area contributed by atoms with Crippen LogP contribution in [0.3, 0.4) is 0 Å². The average molecular weight is 306 g/mol. The Morgan fingerprint density at radius 3 is 2.50 bits per heavy atom. The summed E-state index contributed by atoms with van der Waals surface area (Å²) in [5.41, 5.74) is 6.45. The first kappa shape index (κ1) is 16.5. The van der Waals surface area contributed by atoms with Gasteiger partial charge in [-0.05, 0) is 45.4 Å². The van der Waals surface area contributed by atoms with Crippen LogP contribution >= 0.6 is 0 Å². The number of hydrogen-bond donors (Lipinski definition) is 1. The minimum atomic E-state index is -0.448. The van der Waals surface area contributed by atoms with E-state index in [4.69, 9.17) is 10.5 Å². The standard InChI is InChI=1S/C16H26N4O2/c1-12(13-5-6-18-14(17)11-13)19-7-9-20(10-8-19)15(21)22-16(2,3)4/h5-6,11-12H,7-10H2,1-4H3,(H2,17,18)/t12-/m1/s1. The van der Waals surface area contributed by atoms with Crippen molar-refractivity contribution in [2.45, 2.75) is 39.3 Å². The molecule has 22 heavy (non-hydrogen) atoms. The molecule has 1 amide bonds. The molecule has 2 rings (SSSR count). The number of rotatable bonds is 2. The van der Waals surface area contributed by atoms with E-state index in [-0.39, 0.29) is 12.1 Å². The van der Waals surface area contributed by atoms with Crippen molar-refractivity contribution < 1.29 is 9.53 Å². The largest absolute Gasteiger partial charge is 0.444 e. The van der Waals surface area contributed by atoms with E-state index in [1.54, 1.807) is 11.1 Å². The quantitative estimate of drug-likeness (QED) is 0.907. The number of nitrogens with two attached hydrogens (primary N) is 1. The summed E-state index contributed by atoms with van der Waals surface area (Å²) in [6, 6.07) is 4.15. The van der Waals surface area contributed by atoms with Crippen molar-refractivity contribution in [1.29, 1.82) is 0 Å². The van der Waals surface area contributed by atoms with Crippen molar-refractivity contribution in [3.05, 3.63) is 23.9 Å². The first-order chi connectivity index (χ1) is 10.3. The number of amides is 1. The van der Waals surface area contributed by atoms with Crippen LogP contribution in [0.5, 0.6) is 0 Å². The molecule has 1 aromatic heterocycles. The maximum absolute atomic E-state index is 12.1. The highest BCUT2D eigenvalue weighted by atomic mass is 16.6. The average Bonchev–Trinajstić information content (AvgIpc) is 2.45. The van der Waals surface area contributed by atoms with Gasteiger partial charge in [-0.25, -0.2) is 9.78 Å². The summed E-state index contributed by atoms with van der Waals surface area (Å²) in [5.74, 6) is 0.539. The van der Waals surface area contributed by atoms with Crippen LogP contribution in [-0.2, 0) is 4.74 Å². The first-order valence-electron chi connectivity index (χ1n) is 7.69. The zero-order valence-corrected chi connectivity index (χ0v) is 13.9. The Kier molecular flexibility index (Phi) is 4.90. The lowest BCUT2D eigenvalue weighted by molar-refractivity contribution is 0.0110. The smallest absolute Gasteiger partial charge is 0.410 e. The second-order valence-electron chi connectivity index (χ2n) is 6.69. The van der Waals surface area contributed by atoms with Crippen LogP contribution in [0.25, 0.3) is 0 Å². The fraction of sp³-hybridized carbons (Fsp3) is 0.625. The molecule has 0 aliphatic carbocycles. The molecule has 2 N–H and O–H groups in total. The predicted molar refractivity (Wildman–Crippen MR) is 86.4 cm³/mol. The molecule has 0 radical (unpaired) electrons. The number of carbonyl (C=O) groups excluding carboxylic acids is 1. The molecule has 0 unspecified atom stereocenters. The lowest BCUT2D eigenvalue weighted by Gasteiger charge is -2.38. The number of nitrogens with zero attached hydrogens (tertiary/aromatic N) is 3. The summed E-state index contributed by atoms with van der Waals surface area (Å²) in [5, 5.41) is 0. The van der Waals surface area contributed by atoms with E-state index in [2.05, 4.69) is 16.8 Å². The van der Waals surface area contributed by atoms with Crippen LogP contribution in [0.15, 0.2) is 18.3 Å². The van der Waals surface area contributed by atoms with E-state index < -0.39 is 5.60 Å². The van der Waals surface area contributed by atoms with E-state index in [0.717, 1.165) is 18.7 Å². The van der Waals surface area contributed by atoms with Gasteiger partial charge in [0, 0.05) is 38.4 Å². The zero-order chi connectivity index (χ0) is 16.3. The summed E-state index contributed by atoms with van der Waals surface area (Å²) in [6.45, 7) is 10.8. The third-order valence-electron chi connectivity index (χ3n) is 3.80. The Morgan fingerprint density at radius 2 is 1.95 bits per heavy atom. The van der Waals surface area contributed by atoms with Gasteiger partial charge in [-0.2, -0.15) is 0 Å². The highest BCUT2D eigenvalue weighted by Gasteiger charge is 2.27. The molecular formula is C16H26N4O2. The van der Waals surface area contributed by atoms with Gasteiger partial charge in [0.1, 0.15) is 11.4 Å². The van der Waals surface area contributed by atoms with Gasteiger partial charge in [-0.3, -0.25) is 4.90 Å². The molecule has 6 nitrogen and oxygen atoms in total. The van der Waals surface area contributed by atoms with Crippen molar-refractivity contribution in [1.82, 2.24) is 14.8 Å². The van der Waals surface area contributed by atoms with Gasteiger partial charge in [-0.1, -0.05) is 0 Å². The second-order valence-corrected chi connectivity index (χ2v) is 6.69. The van der Waals surface area contributed by atoms with Crippen molar-refractivity contribution in [3.63, 3.8) is 0 Å². The molecule has 1 saturated heterocycles. The van der Waals surface area contributed by atoms with E-state index in [9.17, 15) is 4.79 Å². The lowest BCUT2D eigenvalue weighted by atomic mass is 10.1. The lowest BCUT2D eigenvalue weighted by Crippen LogP contribution is -2.50. The normalized spacial score (nSPS) is 18.1. The van der Waals surface area contributed by atoms with Crippen LogP contribution in [-0.4, -0.2) is 52.7 Å². The Hall–Kier alpha value is -1.82. The SMILES string of the molecule is C[C@H](c1ccnc(N)c1)N1CCN(C(=O)OC(C)(C)C)CC1. The second kappa shape index (κ2) is 6.52. The Bertz CT molecular complexity index is 519. The molecule has 0 bridgehead atoms. The number of piperazine rings is 1. The van der Waals surface area contributed by atoms with E-state index in [1.807, 2.05) is 32.9 Å². The summed E-state index contributed by atoms with van der Waals surface area (Å²) >= 11 is 0. The number of ether oxygens (including phenoxy) is 1. The van der Waals surface area contributed by atoms with Gasteiger partial charge in [-0.15, -0.1) is 0 Å². The molecular weight excluding hydrogens is 280 g/mol. The van der Waals surface area contributed by atoms with Crippen LogP contribution < -0.4 is 5.73 Å². The number of nitrogen functional groups attached to an aromatic ring is 1. The van der Waals surface area contributed by atoms with Gasteiger partial charge in [0.25, 0.3) is 0 Å². The number of hydrogen-bond acceptors (Lipinski definition) is 5. The Morgan fingerprint density at radius 1 is 1.32 bits per heavy atom. The first-order valence-corrected chi connectivity index (χ1v) is 7.69. The summed E-state index contributed by atoms with van der Waals surface area (Å²) in [6.07, 6.45) is 1.51. The van der Waals surface area contributed by atoms with Gasteiger partial charge in [0.2, 0.25) is 0 Å². The third kappa shape index (κ3) is 4.34. The molecule has 1 aliphatic rings. The molecule has 0 spiro atoms. The number of carbonyl (C=O) groups is 1. The molecule has 1 fully saturated rings. The topological polar surface area (TPSA) is 71.7 Å². The fourth-order valence-electron chi connectivity index (χ4n) is 2.55. The van der Waals surface area contributed by atoms with Gasteiger partial charge in [0.05, 0.1) is 0 Å². The minimum absolute atomic E-state index is 0.229. The highest BCUT2D eigenvalue weighted by Crippen LogP contribution is 2.22. The minimum Gasteiger partial charge on any atom is -0.444 e. The van der Waals surface area contributed by atoms with Crippen molar-refractivity contribution >= 4 is 11.9 Å². The predicted octanol–water partition coefficient (Wildman–Crippen LogP) is 2.28. The molecule has 1 atom stereocenters. The van der Waals surface area contributed by atoms with E-state index >= 15 is 0 Å². The molecule has 2 heterocycles. The molecule has 6 heteroatoms. The monoisotopic (exact) mass is 306 g/mol. The molecule has 0 aromatic carbocycles. The number of aromatic nitrogens is 1. The van der Waals surface area contributed by atoms with Gasteiger partial charge < -0.3 is 15.4 Å².